The van der Waals surface area contributed by atoms with Gasteiger partial charge in [-0.2, -0.15) is 0 Å². The van der Waals surface area contributed by atoms with E-state index in [4.69, 9.17) is 0 Å². The third kappa shape index (κ3) is 2.93. The van der Waals surface area contributed by atoms with Gasteiger partial charge in [0.1, 0.15) is 0 Å². The Hall–Kier alpha value is -5.34. The Morgan fingerprint density at radius 3 is 1.73 bits per heavy atom. The first kappa shape index (κ1) is 21.6. The quantitative estimate of drug-likeness (QED) is 0.210. The van der Waals surface area contributed by atoms with Crippen LogP contribution in [0, 0.1) is 0 Å². The van der Waals surface area contributed by atoms with Crippen LogP contribution in [-0.2, 0) is 0 Å². The van der Waals surface area contributed by atoms with E-state index in [2.05, 4.69) is 155 Å². The van der Waals surface area contributed by atoms with Crippen molar-refractivity contribution < 1.29 is 0 Å². The van der Waals surface area contributed by atoms with Gasteiger partial charge in [-0.1, -0.05) is 91.0 Å². The van der Waals surface area contributed by atoms with E-state index in [9.17, 15) is 0 Å². The molecule has 2 aromatic heterocycles. The summed E-state index contributed by atoms with van der Waals surface area (Å²) >= 11 is 0. The molecule has 40 heavy (non-hydrogen) atoms. The van der Waals surface area contributed by atoms with Crippen molar-refractivity contribution in [1.29, 1.82) is 0 Å². The molecule has 9 rings (SSSR count). The Balaban J connectivity index is 1.37. The zero-order chi connectivity index (χ0) is 26.2. The van der Waals surface area contributed by atoms with Gasteiger partial charge in [0, 0.05) is 32.9 Å². The van der Waals surface area contributed by atoms with Crippen LogP contribution in [0.25, 0.3) is 76.9 Å². The number of benzene rings is 7. The molecule has 0 N–H and O–H groups in total. The molecule has 2 nitrogen and oxygen atoms in total. The molecule has 0 spiro atoms. The summed E-state index contributed by atoms with van der Waals surface area (Å²) in [4.78, 5) is 0. The van der Waals surface area contributed by atoms with Crippen molar-refractivity contribution in [3.05, 3.63) is 146 Å². The van der Waals surface area contributed by atoms with E-state index >= 15 is 0 Å². The molecular formula is C38H24N2. The molecule has 0 aliphatic heterocycles. The third-order valence-electron chi connectivity index (χ3n) is 8.43. The molecule has 0 atom stereocenters. The smallest absolute Gasteiger partial charge is 0.0553 e. The van der Waals surface area contributed by atoms with Crippen LogP contribution in [0.3, 0.4) is 0 Å². The zero-order valence-electron chi connectivity index (χ0n) is 21.8. The van der Waals surface area contributed by atoms with Gasteiger partial charge in [-0.15, -0.1) is 0 Å². The van der Waals surface area contributed by atoms with Crippen LogP contribution in [0.5, 0.6) is 0 Å². The Morgan fingerprint density at radius 2 is 0.925 bits per heavy atom. The largest absolute Gasteiger partial charge is 0.309 e. The molecule has 0 radical (unpaired) electrons. The average molecular weight is 509 g/mol. The zero-order valence-corrected chi connectivity index (χ0v) is 21.8. The standard InChI is InChI=1S/C38H24N2/c1-3-11-29(12-4-1)39-33-16-8-7-15-31(33)32-21-20-26(23-35(32)39)28-22-27-19-18-25-10-9-17-34-37(25)38(27)36(24-28)40(34)30-13-5-2-6-14-30/h1-24H. The minimum absolute atomic E-state index is 1.18. The Bertz CT molecular complexity index is 2360. The topological polar surface area (TPSA) is 9.86 Å². The fraction of sp³-hybridized carbons (Fsp3) is 0. The average Bonchev–Trinajstić information content (AvgIpc) is 3.54. The first-order chi connectivity index (χ1) is 19.8. The predicted octanol–water partition coefficient (Wildman–Crippen LogP) is 10.1. The number of hydrogen-bond donors (Lipinski definition) is 0. The highest BCUT2D eigenvalue weighted by Crippen LogP contribution is 2.42. The maximum absolute atomic E-state index is 2.42. The summed E-state index contributed by atoms with van der Waals surface area (Å²) in [6, 6.07) is 53.0. The van der Waals surface area contributed by atoms with E-state index in [1.165, 1.54) is 76.9 Å². The fourth-order valence-electron chi connectivity index (χ4n) is 6.72. The molecule has 2 heterocycles. The van der Waals surface area contributed by atoms with Crippen LogP contribution in [0.4, 0.5) is 0 Å². The van der Waals surface area contributed by atoms with E-state index in [0.29, 0.717) is 0 Å². The van der Waals surface area contributed by atoms with Gasteiger partial charge in [0.15, 0.2) is 0 Å². The van der Waals surface area contributed by atoms with Gasteiger partial charge in [-0.3, -0.25) is 0 Å². The molecule has 0 fully saturated rings. The number of para-hydroxylation sites is 3. The Kier molecular flexibility index (Phi) is 4.36. The second-order valence-corrected chi connectivity index (χ2v) is 10.6. The maximum Gasteiger partial charge on any atom is 0.0553 e. The van der Waals surface area contributed by atoms with E-state index in [-0.39, 0.29) is 0 Å². The summed E-state index contributed by atoms with van der Waals surface area (Å²) in [5.41, 5.74) is 9.75. The van der Waals surface area contributed by atoms with Crippen molar-refractivity contribution in [3.8, 4) is 22.5 Å². The lowest BCUT2D eigenvalue weighted by Gasteiger charge is -2.11. The van der Waals surface area contributed by atoms with Crippen molar-refractivity contribution in [1.82, 2.24) is 9.13 Å². The van der Waals surface area contributed by atoms with Gasteiger partial charge in [0.2, 0.25) is 0 Å². The molecule has 0 saturated carbocycles. The second-order valence-electron chi connectivity index (χ2n) is 10.6. The summed E-state index contributed by atoms with van der Waals surface area (Å²) in [6.45, 7) is 0. The molecule has 9 aromatic rings. The first-order valence-corrected chi connectivity index (χ1v) is 13.8. The first-order valence-electron chi connectivity index (χ1n) is 13.8. The number of aromatic nitrogens is 2. The SMILES string of the molecule is c1ccc(-n2c3ccccc3c3ccc(-c4cc5ccc6cccc7c6c5c(c4)n7-c4ccccc4)cc32)cc1. The lowest BCUT2D eigenvalue weighted by Crippen LogP contribution is -1.94. The predicted molar refractivity (Wildman–Crippen MR) is 169 cm³/mol. The molecule has 0 saturated heterocycles. The molecule has 0 bridgehead atoms. The highest BCUT2D eigenvalue weighted by molar-refractivity contribution is 6.25. The molecule has 7 aromatic carbocycles. The molecule has 0 aliphatic carbocycles. The van der Waals surface area contributed by atoms with Gasteiger partial charge in [0.05, 0.1) is 22.1 Å². The number of hydrogen-bond acceptors (Lipinski definition) is 0. The van der Waals surface area contributed by atoms with Crippen LogP contribution in [0.2, 0.25) is 0 Å². The van der Waals surface area contributed by atoms with Gasteiger partial charge in [-0.25, -0.2) is 0 Å². The van der Waals surface area contributed by atoms with Crippen LogP contribution in [0.15, 0.2) is 146 Å². The van der Waals surface area contributed by atoms with E-state index in [0.717, 1.165) is 0 Å². The molecule has 0 aliphatic rings. The highest BCUT2D eigenvalue weighted by Gasteiger charge is 2.19. The summed E-state index contributed by atoms with van der Waals surface area (Å²) < 4.78 is 4.82. The number of rotatable bonds is 3. The second kappa shape index (κ2) is 8.08. The van der Waals surface area contributed by atoms with Gasteiger partial charge in [0.25, 0.3) is 0 Å². The Labute approximate surface area is 231 Å². The van der Waals surface area contributed by atoms with Crippen molar-refractivity contribution in [2.24, 2.45) is 0 Å². The highest BCUT2D eigenvalue weighted by atomic mass is 15.0. The molecule has 0 unspecified atom stereocenters. The van der Waals surface area contributed by atoms with E-state index in [1.54, 1.807) is 0 Å². The van der Waals surface area contributed by atoms with Crippen LogP contribution in [0.1, 0.15) is 0 Å². The number of nitrogens with zero attached hydrogens (tertiary/aromatic N) is 2. The molecular weight excluding hydrogens is 484 g/mol. The molecule has 2 heteroatoms. The lowest BCUT2D eigenvalue weighted by atomic mass is 9.97. The van der Waals surface area contributed by atoms with Crippen LogP contribution < -0.4 is 0 Å². The summed E-state index contributed by atoms with van der Waals surface area (Å²) in [5.74, 6) is 0. The minimum atomic E-state index is 1.18. The van der Waals surface area contributed by atoms with Gasteiger partial charge < -0.3 is 9.13 Å². The number of fused-ring (bicyclic) bond motifs is 3. The summed E-state index contributed by atoms with van der Waals surface area (Å²) in [7, 11) is 0. The van der Waals surface area contributed by atoms with E-state index in [1.807, 2.05) is 0 Å². The van der Waals surface area contributed by atoms with Crippen LogP contribution >= 0.6 is 0 Å². The third-order valence-corrected chi connectivity index (χ3v) is 8.43. The summed E-state index contributed by atoms with van der Waals surface area (Å²) in [6.07, 6.45) is 0. The minimum Gasteiger partial charge on any atom is -0.309 e. The summed E-state index contributed by atoms with van der Waals surface area (Å²) in [5, 5.41) is 7.78. The van der Waals surface area contributed by atoms with E-state index < -0.39 is 0 Å². The van der Waals surface area contributed by atoms with Crippen molar-refractivity contribution in [2.75, 3.05) is 0 Å². The maximum atomic E-state index is 2.42. The monoisotopic (exact) mass is 508 g/mol. The van der Waals surface area contributed by atoms with Gasteiger partial charge >= 0.3 is 0 Å². The normalized spacial score (nSPS) is 12.0. The molecule has 186 valence electrons. The lowest BCUT2D eigenvalue weighted by molar-refractivity contribution is 1.18. The van der Waals surface area contributed by atoms with Crippen molar-refractivity contribution >= 4 is 54.4 Å². The van der Waals surface area contributed by atoms with Crippen molar-refractivity contribution in [3.63, 3.8) is 0 Å². The van der Waals surface area contributed by atoms with Crippen molar-refractivity contribution in [2.45, 2.75) is 0 Å². The molecule has 0 amide bonds. The van der Waals surface area contributed by atoms with Gasteiger partial charge in [-0.05, 0) is 76.5 Å². The van der Waals surface area contributed by atoms with Crippen LogP contribution in [-0.4, -0.2) is 9.13 Å². The Morgan fingerprint density at radius 1 is 0.325 bits per heavy atom. The fourth-order valence-corrected chi connectivity index (χ4v) is 6.72.